The Kier molecular flexibility index (Phi) is 4.41. The lowest BCUT2D eigenvalue weighted by atomic mass is 9.76. The molecule has 0 aromatic heterocycles. The number of benzene rings is 2. The molecular weight excluding hydrogens is 350 g/mol. The molecule has 2 aromatic carbocycles. The molecule has 110 valence electrons. The van der Waals surface area contributed by atoms with Gasteiger partial charge in [-0.25, -0.2) is 0 Å². The van der Waals surface area contributed by atoms with Crippen LogP contribution in [-0.2, 0) is 0 Å². The van der Waals surface area contributed by atoms with Crippen LogP contribution in [0, 0.1) is 0 Å². The van der Waals surface area contributed by atoms with Gasteiger partial charge in [-0.05, 0) is 64.5 Å². The first kappa shape index (κ1) is 14.7. The van der Waals surface area contributed by atoms with E-state index in [2.05, 4.69) is 39.4 Å². The van der Waals surface area contributed by atoms with Crippen LogP contribution in [0.2, 0.25) is 5.02 Å². The summed E-state index contributed by atoms with van der Waals surface area (Å²) in [6.07, 6.45) is 2.28. The average molecular weight is 367 g/mol. The predicted molar refractivity (Wildman–Crippen MR) is 91.5 cm³/mol. The lowest BCUT2D eigenvalue weighted by Gasteiger charge is -2.37. The summed E-state index contributed by atoms with van der Waals surface area (Å²) in [4.78, 5) is 0. The molecule has 4 heteroatoms. The molecule has 0 atom stereocenters. The van der Waals surface area contributed by atoms with Crippen molar-refractivity contribution in [1.82, 2.24) is 0 Å². The predicted octanol–water partition coefficient (Wildman–Crippen LogP) is 5.47. The largest absolute Gasteiger partial charge is 0.495 e. The SMILES string of the molecule is COc1cc(NC2CC(c3cccc(Cl)c3)C2)ccc1Br. The van der Waals surface area contributed by atoms with Gasteiger partial charge in [0.2, 0.25) is 0 Å². The molecular formula is C17H17BrClNO. The molecule has 0 unspecified atom stereocenters. The zero-order valence-corrected chi connectivity index (χ0v) is 14.1. The summed E-state index contributed by atoms with van der Waals surface area (Å²) in [6, 6.07) is 14.8. The Morgan fingerprint density at radius 1 is 1.19 bits per heavy atom. The lowest BCUT2D eigenvalue weighted by Crippen LogP contribution is -2.33. The highest BCUT2D eigenvalue weighted by molar-refractivity contribution is 9.10. The number of halogens is 2. The van der Waals surface area contributed by atoms with E-state index in [1.807, 2.05) is 24.3 Å². The van der Waals surface area contributed by atoms with E-state index < -0.39 is 0 Å². The van der Waals surface area contributed by atoms with Gasteiger partial charge in [0.25, 0.3) is 0 Å². The third-order valence-corrected chi connectivity index (χ3v) is 4.87. The van der Waals surface area contributed by atoms with Gasteiger partial charge in [0, 0.05) is 22.8 Å². The fourth-order valence-electron chi connectivity index (χ4n) is 2.75. The van der Waals surface area contributed by atoms with Crippen molar-refractivity contribution in [3.05, 3.63) is 57.5 Å². The first-order valence-corrected chi connectivity index (χ1v) is 8.18. The van der Waals surface area contributed by atoms with Gasteiger partial charge in [-0.2, -0.15) is 0 Å². The second kappa shape index (κ2) is 6.29. The van der Waals surface area contributed by atoms with Gasteiger partial charge in [-0.3, -0.25) is 0 Å². The highest BCUT2D eigenvalue weighted by Crippen LogP contribution is 2.39. The monoisotopic (exact) mass is 365 g/mol. The van der Waals surface area contributed by atoms with Crippen molar-refractivity contribution in [1.29, 1.82) is 0 Å². The molecule has 0 bridgehead atoms. The minimum absolute atomic E-state index is 0.514. The maximum absolute atomic E-state index is 6.05. The molecule has 0 radical (unpaired) electrons. The van der Waals surface area contributed by atoms with Crippen LogP contribution in [0.4, 0.5) is 5.69 Å². The Bertz CT molecular complexity index is 640. The van der Waals surface area contributed by atoms with Gasteiger partial charge < -0.3 is 10.1 Å². The summed E-state index contributed by atoms with van der Waals surface area (Å²) < 4.78 is 6.29. The topological polar surface area (TPSA) is 21.3 Å². The standard InChI is InChI=1S/C17H17BrClNO/c1-21-17-10-14(5-6-16(17)18)20-15-8-12(9-15)11-3-2-4-13(19)7-11/h2-7,10,12,15,20H,8-9H2,1H3. The highest BCUT2D eigenvalue weighted by Gasteiger charge is 2.30. The Balaban J connectivity index is 1.60. The number of methoxy groups -OCH3 is 1. The fraction of sp³-hybridized carbons (Fsp3) is 0.294. The van der Waals surface area contributed by atoms with Crippen molar-refractivity contribution >= 4 is 33.2 Å². The van der Waals surface area contributed by atoms with E-state index in [1.165, 1.54) is 5.56 Å². The molecule has 2 aromatic rings. The van der Waals surface area contributed by atoms with E-state index in [1.54, 1.807) is 7.11 Å². The smallest absolute Gasteiger partial charge is 0.135 e. The highest BCUT2D eigenvalue weighted by atomic mass is 79.9. The van der Waals surface area contributed by atoms with Crippen LogP contribution in [0.15, 0.2) is 46.9 Å². The van der Waals surface area contributed by atoms with Crippen molar-refractivity contribution in [2.75, 3.05) is 12.4 Å². The van der Waals surface area contributed by atoms with Crippen LogP contribution in [0.1, 0.15) is 24.3 Å². The summed E-state index contributed by atoms with van der Waals surface area (Å²) in [7, 11) is 1.68. The first-order valence-electron chi connectivity index (χ1n) is 7.01. The van der Waals surface area contributed by atoms with Crippen LogP contribution in [0.5, 0.6) is 5.75 Å². The molecule has 21 heavy (non-hydrogen) atoms. The Morgan fingerprint density at radius 2 is 2.00 bits per heavy atom. The van der Waals surface area contributed by atoms with Crippen LogP contribution in [0.25, 0.3) is 0 Å². The Hall–Kier alpha value is -1.19. The summed E-state index contributed by atoms with van der Waals surface area (Å²) in [6.45, 7) is 0. The van der Waals surface area contributed by atoms with Gasteiger partial charge in [0.05, 0.1) is 11.6 Å². The van der Waals surface area contributed by atoms with Crippen LogP contribution in [-0.4, -0.2) is 13.2 Å². The van der Waals surface area contributed by atoms with Crippen molar-refractivity contribution < 1.29 is 4.74 Å². The third kappa shape index (κ3) is 3.35. The van der Waals surface area contributed by atoms with Gasteiger partial charge >= 0.3 is 0 Å². The van der Waals surface area contributed by atoms with Crippen molar-refractivity contribution in [3.8, 4) is 5.75 Å². The van der Waals surface area contributed by atoms with Gasteiger partial charge in [-0.1, -0.05) is 23.7 Å². The first-order chi connectivity index (χ1) is 10.2. The fourth-order valence-corrected chi connectivity index (χ4v) is 3.36. The van der Waals surface area contributed by atoms with Crippen molar-refractivity contribution in [2.24, 2.45) is 0 Å². The normalized spacial score (nSPS) is 20.7. The van der Waals surface area contributed by atoms with Gasteiger partial charge in [-0.15, -0.1) is 0 Å². The van der Waals surface area contributed by atoms with E-state index in [-0.39, 0.29) is 0 Å². The van der Waals surface area contributed by atoms with Crippen molar-refractivity contribution in [2.45, 2.75) is 24.8 Å². The Labute approximate surface area is 138 Å². The summed E-state index contributed by atoms with van der Waals surface area (Å²) >= 11 is 9.52. The van der Waals surface area contributed by atoms with Gasteiger partial charge in [0.1, 0.15) is 5.75 Å². The molecule has 0 heterocycles. The van der Waals surface area contributed by atoms with E-state index in [4.69, 9.17) is 16.3 Å². The summed E-state index contributed by atoms with van der Waals surface area (Å²) in [5.41, 5.74) is 2.44. The molecule has 1 fully saturated rings. The zero-order valence-electron chi connectivity index (χ0n) is 11.8. The van der Waals surface area contributed by atoms with Crippen LogP contribution >= 0.6 is 27.5 Å². The lowest BCUT2D eigenvalue weighted by molar-refractivity contribution is 0.373. The van der Waals surface area contributed by atoms with E-state index >= 15 is 0 Å². The second-order valence-corrected chi connectivity index (χ2v) is 6.70. The van der Waals surface area contributed by atoms with Gasteiger partial charge in [0.15, 0.2) is 0 Å². The number of ether oxygens (including phenoxy) is 1. The van der Waals surface area contributed by atoms with Crippen molar-refractivity contribution in [3.63, 3.8) is 0 Å². The summed E-state index contributed by atoms with van der Waals surface area (Å²) in [5, 5.41) is 4.38. The molecule has 0 spiro atoms. The maximum atomic E-state index is 6.05. The minimum atomic E-state index is 0.514. The minimum Gasteiger partial charge on any atom is -0.495 e. The molecule has 1 saturated carbocycles. The number of nitrogens with one attached hydrogen (secondary N) is 1. The average Bonchev–Trinajstić information content (AvgIpc) is 2.44. The van der Waals surface area contributed by atoms with E-state index in [9.17, 15) is 0 Å². The molecule has 0 aliphatic heterocycles. The Morgan fingerprint density at radius 3 is 2.71 bits per heavy atom. The molecule has 1 N–H and O–H groups in total. The van der Waals surface area contributed by atoms with E-state index in [0.29, 0.717) is 12.0 Å². The molecule has 2 nitrogen and oxygen atoms in total. The number of anilines is 1. The quantitative estimate of drug-likeness (QED) is 0.774. The maximum Gasteiger partial charge on any atom is 0.135 e. The van der Waals surface area contributed by atoms with Crippen LogP contribution < -0.4 is 10.1 Å². The molecule has 1 aliphatic carbocycles. The molecule has 0 amide bonds. The van der Waals surface area contributed by atoms with Crippen LogP contribution in [0.3, 0.4) is 0 Å². The number of hydrogen-bond donors (Lipinski definition) is 1. The zero-order chi connectivity index (χ0) is 14.8. The molecule has 0 saturated heterocycles. The number of hydrogen-bond acceptors (Lipinski definition) is 2. The number of rotatable bonds is 4. The summed E-state index contributed by atoms with van der Waals surface area (Å²) in [5.74, 6) is 1.46. The molecule has 3 rings (SSSR count). The molecule has 1 aliphatic rings. The third-order valence-electron chi connectivity index (χ3n) is 3.98. The van der Waals surface area contributed by atoms with E-state index in [0.717, 1.165) is 33.8 Å². The second-order valence-electron chi connectivity index (χ2n) is 5.41.